The number of aryl methyl sites for hydroxylation is 1. The maximum atomic E-state index is 14.0. The average molecular weight is 1450 g/mol. The Balaban J connectivity index is 0.933. The van der Waals surface area contributed by atoms with Gasteiger partial charge in [0.15, 0.2) is 0 Å². The van der Waals surface area contributed by atoms with Crippen molar-refractivity contribution in [2.75, 3.05) is 75.5 Å². The highest BCUT2D eigenvalue weighted by atomic mass is 35.5. The number of primary amides is 1. The number of carbonyl (C=O) groups is 12. The SMILES string of the molecule is Cc1cc(=O)oc2cc(NC(=O)OCc3ccc(NC(=O)C(CCCNC(N)=O)NC(=O)C(NC(=O)CCCCCNC(=O)C(C)(Cl)CC(C)(CC(Cl)c4cccc(C(=O)NCCSC5CC(=O)N(CCOCCN6C(=O)C=CC6=O)C5=O)c4)C(=O)NCC(O)CO)C(C)C)cc3)ccc12. The zero-order chi connectivity index (χ0) is 73.3. The molecule has 3 heterocycles. The van der Waals surface area contributed by atoms with Crippen LogP contribution in [0.2, 0.25) is 0 Å². The summed E-state index contributed by atoms with van der Waals surface area (Å²) in [7, 11) is 0. The van der Waals surface area contributed by atoms with E-state index in [2.05, 4.69) is 42.5 Å². The lowest BCUT2D eigenvalue weighted by molar-refractivity contribution is -0.139. The Morgan fingerprint density at radius 3 is 2.16 bits per heavy atom. The molecule has 7 atom stereocenters. The summed E-state index contributed by atoms with van der Waals surface area (Å²) < 4.78 is 16.1. The van der Waals surface area contributed by atoms with E-state index in [0.29, 0.717) is 58.5 Å². The Morgan fingerprint density at radius 1 is 0.780 bits per heavy atom. The molecule has 0 saturated carbocycles. The molecular formula is C68H87Cl2N11O18S. The molecule has 1 saturated heterocycles. The number of ether oxygens (including phenoxy) is 2. The number of benzene rings is 3. The predicted molar refractivity (Wildman–Crippen MR) is 372 cm³/mol. The van der Waals surface area contributed by atoms with Crippen LogP contribution < -0.4 is 53.9 Å². The van der Waals surface area contributed by atoms with Gasteiger partial charge in [-0.2, -0.15) is 0 Å². The largest absolute Gasteiger partial charge is 0.444 e. The van der Waals surface area contributed by atoms with Crippen LogP contribution in [-0.4, -0.2) is 184 Å². The average Bonchev–Trinajstić information content (AvgIpc) is 1.13. The first kappa shape index (κ1) is 80.0. The van der Waals surface area contributed by atoms with Gasteiger partial charge in [0.25, 0.3) is 17.7 Å². The predicted octanol–water partition coefficient (Wildman–Crippen LogP) is 4.30. The van der Waals surface area contributed by atoms with E-state index in [1.54, 1.807) is 88.4 Å². The van der Waals surface area contributed by atoms with Crippen molar-refractivity contribution < 1.29 is 81.6 Å². The first-order valence-electron chi connectivity index (χ1n) is 32.6. The van der Waals surface area contributed by atoms with Crippen LogP contribution in [0.15, 0.2) is 94.2 Å². The quantitative estimate of drug-likeness (QED) is 0.0128. The van der Waals surface area contributed by atoms with Crippen molar-refractivity contribution in [2.45, 2.75) is 133 Å². The topological polar surface area (TPSA) is 423 Å². The summed E-state index contributed by atoms with van der Waals surface area (Å²) in [6.45, 7) is 7.56. The summed E-state index contributed by atoms with van der Waals surface area (Å²) in [6.07, 6.45) is 1.38. The molecule has 2 aliphatic rings. The van der Waals surface area contributed by atoms with Gasteiger partial charge < -0.3 is 67.1 Å². The van der Waals surface area contributed by atoms with Crippen molar-refractivity contribution in [1.82, 2.24) is 41.7 Å². The minimum atomic E-state index is -1.71. The molecule has 32 heteroatoms. The smallest absolute Gasteiger partial charge is 0.411 e. The number of imide groups is 2. The number of carbonyl (C=O) groups excluding carboxylic acids is 12. The first-order chi connectivity index (χ1) is 47.5. The number of thioether (sulfide) groups is 1. The zero-order valence-corrected chi connectivity index (χ0v) is 58.6. The van der Waals surface area contributed by atoms with Crippen LogP contribution >= 0.6 is 35.0 Å². The maximum absolute atomic E-state index is 14.0. The van der Waals surface area contributed by atoms with Crippen molar-refractivity contribution in [1.29, 1.82) is 0 Å². The summed E-state index contributed by atoms with van der Waals surface area (Å²) in [5.41, 5.74) is 6.20. The molecule has 0 spiro atoms. The third kappa shape index (κ3) is 24.7. The van der Waals surface area contributed by atoms with Gasteiger partial charge in [0.05, 0.1) is 55.1 Å². The Hall–Kier alpha value is -8.94. The fraction of sp³-hybridized carbons (Fsp3) is 0.485. The minimum Gasteiger partial charge on any atom is -0.444 e. The van der Waals surface area contributed by atoms with Crippen LogP contribution in [0.4, 0.5) is 21.0 Å². The van der Waals surface area contributed by atoms with Crippen molar-refractivity contribution in [2.24, 2.45) is 17.1 Å². The van der Waals surface area contributed by atoms with Crippen molar-refractivity contribution in [3.8, 4) is 0 Å². The highest BCUT2D eigenvalue weighted by Gasteiger charge is 2.45. The highest BCUT2D eigenvalue weighted by molar-refractivity contribution is 8.00. The number of hydrogen-bond donors (Lipinski definition) is 11. The number of unbranched alkanes of at least 4 members (excludes halogenated alkanes) is 2. The minimum absolute atomic E-state index is 0.00262. The number of fused-ring (bicyclic) bond motifs is 1. The maximum Gasteiger partial charge on any atom is 0.411 e. The molecule has 29 nitrogen and oxygen atoms in total. The Morgan fingerprint density at radius 2 is 1.47 bits per heavy atom. The van der Waals surface area contributed by atoms with Crippen LogP contribution in [0.5, 0.6) is 0 Å². The summed E-state index contributed by atoms with van der Waals surface area (Å²) in [5.74, 6) is -5.17. The van der Waals surface area contributed by atoms with Crippen LogP contribution in [0.1, 0.15) is 118 Å². The van der Waals surface area contributed by atoms with Crippen LogP contribution in [0.3, 0.4) is 0 Å². The molecule has 542 valence electrons. The molecule has 7 unspecified atom stereocenters. The third-order valence-corrected chi connectivity index (χ3v) is 18.3. The van der Waals surface area contributed by atoms with E-state index in [9.17, 15) is 72.5 Å². The van der Waals surface area contributed by atoms with Gasteiger partial charge in [-0.3, -0.25) is 63.1 Å². The lowest BCUT2D eigenvalue weighted by atomic mass is 9.75. The second-order valence-corrected chi connectivity index (χ2v) is 27.6. The van der Waals surface area contributed by atoms with Crippen molar-refractivity contribution in [3.05, 3.63) is 118 Å². The van der Waals surface area contributed by atoms with Gasteiger partial charge in [-0.05, 0) is 111 Å². The molecule has 3 aromatic carbocycles. The Labute approximate surface area is 591 Å². The van der Waals surface area contributed by atoms with Crippen molar-refractivity contribution >= 4 is 129 Å². The number of nitrogens with zero attached hydrogens (tertiary/aromatic N) is 2. The number of rotatable bonds is 40. The fourth-order valence-electron chi connectivity index (χ4n) is 10.9. The number of likely N-dealkylation sites (tertiary alicyclic amines) is 1. The van der Waals surface area contributed by atoms with E-state index in [1.165, 1.54) is 30.8 Å². The second kappa shape index (κ2) is 38.6. The van der Waals surface area contributed by atoms with E-state index >= 15 is 0 Å². The monoisotopic (exact) mass is 1450 g/mol. The van der Waals surface area contributed by atoms with Crippen LogP contribution in [0, 0.1) is 18.3 Å². The molecule has 2 aliphatic heterocycles. The molecule has 13 amide bonds. The first-order valence-corrected chi connectivity index (χ1v) is 34.5. The van der Waals surface area contributed by atoms with E-state index in [1.807, 2.05) is 0 Å². The number of amides is 13. The standard InChI is InChI=1S/C68H87Cl2N11O18S/c1-40(2)58(61(91)78-50(13-10-24-74-65(71)95)60(90)76-45-17-15-42(16-18-45)38-98-66(96)77-46-19-20-48-41(3)31-57(88)99-51(48)33-46)79-53(84)14-7-6-8-23-73-64(94)68(5,70)39-67(4,63(93)75-36-47(83)37-82)35-49(69)43-11-9-12-44(32-43)59(89)72-25-30-100-52-34-56(87)81(62(52)92)27-29-97-28-26-80-54(85)21-22-55(80)86/h9,11-12,15-22,31-33,40,47,49-50,52,58,82-83H,6-8,10,13-14,23-30,34-39H2,1-5H3,(H,72,89)(H,73,94)(H,75,93)(H,76,90)(H,77,96)(H,78,91)(H,79,84)(H3,71,74,95). The number of anilines is 2. The van der Waals surface area contributed by atoms with Gasteiger partial charge in [-0.25, -0.2) is 14.4 Å². The van der Waals surface area contributed by atoms with Gasteiger partial charge in [-0.15, -0.1) is 35.0 Å². The molecule has 100 heavy (non-hydrogen) atoms. The number of urea groups is 1. The molecule has 1 aromatic heterocycles. The lowest BCUT2D eigenvalue weighted by Crippen LogP contribution is -2.54. The van der Waals surface area contributed by atoms with Crippen LogP contribution in [0.25, 0.3) is 11.0 Å². The van der Waals surface area contributed by atoms with E-state index in [-0.39, 0.29) is 109 Å². The van der Waals surface area contributed by atoms with Gasteiger partial charge in [-0.1, -0.05) is 51.5 Å². The Bertz CT molecular complexity index is 3690. The number of alkyl halides is 2. The summed E-state index contributed by atoms with van der Waals surface area (Å²) in [5, 5.41) is 40.2. The normalized spacial score (nSPS) is 16.0. The van der Waals surface area contributed by atoms with Crippen LogP contribution in [-0.2, 0) is 59.2 Å². The van der Waals surface area contributed by atoms with E-state index in [0.717, 1.165) is 27.5 Å². The molecular weight excluding hydrogens is 1360 g/mol. The van der Waals surface area contributed by atoms with Gasteiger partial charge >= 0.3 is 17.7 Å². The molecule has 12 N–H and O–H groups in total. The number of aliphatic hydroxyl groups is 2. The van der Waals surface area contributed by atoms with Crippen molar-refractivity contribution in [3.63, 3.8) is 0 Å². The number of nitrogens with one attached hydrogen (secondary N) is 8. The van der Waals surface area contributed by atoms with Gasteiger partial charge in [0.1, 0.15) is 29.1 Å². The summed E-state index contributed by atoms with van der Waals surface area (Å²) >= 11 is 15.2. The number of hydrogen-bond acceptors (Lipinski definition) is 19. The highest BCUT2D eigenvalue weighted by Crippen LogP contribution is 2.43. The zero-order valence-electron chi connectivity index (χ0n) is 56.3. The number of nitrogens with two attached hydrogens (primary N) is 1. The van der Waals surface area contributed by atoms with Gasteiger partial charge in [0, 0.05) is 91.4 Å². The summed E-state index contributed by atoms with van der Waals surface area (Å²) in [6, 6.07) is 16.0. The van der Waals surface area contributed by atoms with Gasteiger partial charge in [0.2, 0.25) is 41.4 Å². The molecule has 4 aromatic rings. The molecule has 1 fully saturated rings. The Kier molecular flexibility index (Phi) is 30.9. The second-order valence-electron chi connectivity index (χ2n) is 25.0. The number of halogens is 2. The van der Waals surface area contributed by atoms with E-state index < -0.39 is 123 Å². The molecule has 0 radical (unpaired) electrons. The lowest BCUT2D eigenvalue weighted by Gasteiger charge is -2.36. The van der Waals surface area contributed by atoms with E-state index in [4.69, 9.17) is 42.8 Å². The third-order valence-electron chi connectivity index (χ3n) is 16.3. The molecule has 0 aliphatic carbocycles. The fourth-order valence-corrected chi connectivity index (χ4v) is 12.8. The summed E-state index contributed by atoms with van der Waals surface area (Å²) in [4.78, 5) is 168. The molecule has 6 rings (SSSR count). The molecule has 0 bridgehead atoms. The number of aliphatic hydroxyl groups excluding tert-OH is 2.